The van der Waals surface area contributed by atoms with Gasteiger partial charge in [-0.2, -0.15) is 10.3 Å². The number of halogens is 2. The van der Waals surface area contributed by atoms with Crippen molar-refractivity contribution in [2.24, 2.45) is 5.10 Å². The average molecular weight is 323 g/mol. The Morgan fingerprint density at radius 1 is 1.19 bits per heavy atom. The van der Waals surface area contributed by atoms with Gasteiger partial charge in [0.25, 0.3) is 5.95 Å². The molecule has 0 fully saturated rings. The zero-order valence-electron chi connectivity index (χ0n) is 10.4. The van der Waals surface area contributed by atoms with Crippen molar-refractivity contribution in [2.45, 2.75) is 0 Å². The van der Waals surface area contributed by atoms with Crippen molar-refractivity contribution < 1.29 is 4.42 Å². The van der Waals surface area contributed by atoms with Gasteiger partial charge in [0.15, 0.2) is 0 Å². The summed E-state index contributed by atoms with van der Waals surface area (Å²) in [6.07, 6.45) is 1.50. The first-order valence-electron chi connectivity index (χ1n) is 5.80. The molecule has 0 radical (unpaired) electrons. The first-order chi connectivity index (χ1) is 10.2. The maximum absolute atomic E-state index is 5.98. The van der Waals surface area contributed by atoms with E-state index in [9.17, 15) is 0 Å². The van der Waals surface area contributed by atoms with Crippen LogP contribution in [0.5, 0.6) is 0 Å². The SMILES string of the molecule is Clc1ccc(-c2ccc(/C=N/Nc3nn[nH]n3)o2)cc1Cl. The van der Waals surface area contributed by atoms with Gasteiger partial charge < -0.3 is 4.42 Å². The van der Waals surface area contributed by atoms with Gasteiger partial charge in [-0.05, 0) is 35.5 Å². The number of hydrogen-bond acceptors (Lipinski definition) is 6. The molecule has 0 amide bonds. The summed E-state index contributed by atoms with van der Waals surface area (Å²) in [4.78, 5) is 0. The third kappa shape index (κ3) is 3.21. The van der Waals surface area contributed by atoms with Gasteiger partial charge >= 0.3 is 0 Å². The van der Waals surface area contributed by atoms with Crippen molar-refractivity contribution in [3.05, 3.63) is 46.1 Å². The zero-order chi connectivity index (χ0) is 14.7. The Balaban J connectivity index is 1.73. The van der Waals surface area contributed by atoms with Gasteiger partial charge in [0, 0.05) is 5.56 Å². The molecule has 106 valence electrons. The van der Waals surface area contributed by atoms with Crippen LogP contribution in [0.4, 0.5) is 5.95 Å². The third-order valence-corrected chi connectivity index (χ3v) is 3.27. The molecule has 0 aliphatic rings. The van der Waals surface area contributed by atoms with E-state index >= 15 is 0 Å². The molecule has 2 heterocycles. The van der Waals surface area contributed by atoms with Gasteiger partial charge in [0.05, 0.1) is 16.3 Å². The van der Waals surface area contributed by atoms with Gasteiger partial charge in [-0.15, -0.1) is 5.10 Å². The van der Waals surface area contributed by atoms with Crippen LogP contribution in [0.25, 0.3) is 11.3 Å². The molecule has 9 heteroatoms. The number of furan rings is 1. The van der Waals surface area contributed by atoms with E-state index in [1.807, 2.05) is 12.1 Å². The van der Waals surface area contributed by atoms with E-state index in [1.54, 1.807) is 18.2 Å². The Morgan fingerprint density at radius 3 is 2.86 bits per heavy atom. The lowest BCUT2D eigenvalue weighted by Gasteiger charge is -1.99. The molecule has 2 aromatic heterocycles. The van der Waals surface area contributed by atoms with Gasteiger partial charge in [-0.25, -0.2) is 5.43 Å². The lowest BCUT2D eigenvalue weighted by atomic mass is 10.2. The molecule has 0 saturated carbocycles. The maximum Gasteiger partial charge on any atom is 0.283 e. The lowest BCUT2D eigenvalue weighted by molar-refractivity contribution is 0.575. The first kappa shape index (κ1) is 13.6. The van der Waals surface area contributed by atoms with Crippen LogP contribution in [0, 0.1) is 0 Å². The highest BCUT2D eigenvalue weighted by atomic mass is 35.5. The Bertz CT molecular complexity index is 768. The number of tetrazole rings is 1. The van der Waals surface area contributed by atoms with Gasteiger partial charge in [-0.1, -0.05) is 28.3 Å². The van der Waals surface area contributed by atoms with Crippen LogP contribution in [0.1, 0.15) is 5.76 Å². The number of benzene rings is 1. The number of hydrazone groups is 1. The van der Waals surface area contributed by atoms with Gasteiger partial charge in [0.2, 0.25) is 0 Å². The highest BCUT2D eigenvalue weighted by Gasteiger charge is 2.06. The summed E-state index contributed by atoms with van der Waals surface area (Å²) >= 11 is 11.9. The normalized spacial score (nSPS) is 11.1. The molecule has 0 saturated heterocycles. The fourth-order valence-corrected chi connectivity index (χ4v) is 1.89. The second-order valence-corrected chi connectivity index (χ2v) is 4.75. The number of nitrogens with one attached hydrogen (secondary N) is 2. The average Bonchev–Trinajstić information content (AvgIpc) is 3.13. The van der Waals surface area contributed by atoms with Gasteiger partial charge in [-0.3, -0.25) is 0 Å². The molecule has 0 spiro atoms. The minimum atomic E-state index is 0.266. The van der Waals surface area contributed by atoms with Crippen molar-refractivity contribution in [3.8, 4) is 11.3 Å². The molecule has 0 aliphatic heterocycles. The number of hydrogen-bond donors (Lipinski definition) is 2. The number of aromatic amines is 1. The minimum Gasteiger partial charge on any atom is -0.455 e. The molecule has 1 aromatic carbocycles. The summed E-state index contributed by atoms with van der Waals surface area (Å²) < 4.78 is 5.63. The molecule has 21 heavy (non-hydrogen) atoms. The molecular formula is C12H8Cl2N6O. The second-order valence-electron chi connectivity index (χ2n) is 3.94. The van der Waals surface area contributed by atoms with E-state index in [2.05, 4.69) is 31.2 Å². The van der Waals surface area contributed by atoms with Crippen molar-refractivity contribution in [1.82, 2.24) is 20.6 Å². The fraction of sp³-hybridized carbons (Fsp3) is 0. The predicted molar refractivity (Wildman–Crippen MR) is 79.6 cm³/mol. The topological polar surface area (TPSA) is 92.0 Å². The van der Waals surface area contributed by atoms with Crippen LogP contribution < -0.4 is 5.43 Å². The minimum absolute atomic E-state index is 0.266. The monoisotopic (exact) mass is 322 g/mol. The lowest BCUT2D eigenvalue weighted by Crippen LogP contribution is -1.91. The standard InChI is InChI=1S/C12H8Cl2N6O/c13-9-3-1-7(5-10(9)14)11-4-2-8(21-11)6-15-16-12-17-19-20-18-12/h1-6H,(H2,16,17,18,19,20)/b15-6+. The predicted octanol–water partition coefficient (Wildman–Crippen LogP) is 3.21. The highest BCUT2D eigenvalue weighted by Crippen LogP contribution is 2.29. The summed E-state index contributed by atoms with van der Waals surface area (Å²) in [5.41, 5.74) is 3.42. The van der Waals surface area contributed by atoms with Gasteiger partial charge in [0.1, 0.15) is 11.5 Å². The van der Waals surface area contributed by atoms with Crippen LogP contribution in [0.3, 0.4) is 0 Å². The first-order valence-corrected chi connectivity index (χ1v) is 6.56. The number of aromatic nitrogens is 4. The largest absolute Gasteiger partial charge is 0.455 e. The number of rotatable bonds is 4. The molecule has 3 rings (SSSR count). The molecular weight excluding hydrogens is 315 g/mol. The van der Waals surface area contributed by atoms with E-state index in [0.717, 1.165) is 5.56 Å². The molecule has 0 aliphatic carbocycles. The smallest absolute Gasteiger partial charge is 0.283 e. The summed E-state index contributed by atoms with van der Waals surface area (Å²) in [5.74, 6) is 1.49. The highest BCUT2D eigenvalue weighted by molar-refractivity contribution is 6.42. The second kappa shape index (κ2) is 5.94. The van der Waals surface area contributed by atoms with Crippen LogP contribution in [0.15, 0.2) is 39.9 Å². The quantitative estimate of drug-likeness (QED) is 0.568. The molecule has 0 unspecified atom stereocenters. The molecule has 2 N–H and O–H groups in total. The van der Waals surface area contributed by atoms with Crippen molar-refractivity contribution in [1.29, 1.82) is 0 Å². The Morgan fingerprint density at radius 2 is 2.10 bits per heavy atom. The van der Waals surface area contributed by atoms with Crippen molar-refractivity contribution in [3.63, 3.8) is 0 Å². The molecule has 7 nitrogen and oxygen atoms in total. The van der Waals surface area contributed by atoms with E-state index in [1.165, 1.54) is 6.21 Å². The van der Waals surface area contributed by atoms with E-state index in [0.29, 0.717) is 21.6 Å². The fourth-order valence-electron chi connectivity index (χ4n) is 1.59. The number of H-pyrrole nitrogens is 1. The zero-order valence-corrected chi connectivity index (χ0v) is 11.9. The third-order valence-electron chi connectivity index (χ3n) is 2.53. The number of anilines is 1. The summed E-state index contributed by atoms with van der Waals surface area (Å²) in [6.45, 7) is 0. The van der Waals surface area contributed by atoms with E-state index in [4.69, 9.17) is 27.6 Å². The Labute approximate surface area is 129 Å². The van der Waals surface area contributed by atoms with E-state index < -0.39 is 0 Å². The molecule has 0 bridgehead atoms. The van der Waals surface area contributed by atoms with Crippen LogP contribution in [0.2, 0.25) is 10.0 Å². The van der Waals surface area contributed by atoms with Crippen molar-refractivity contribution in [2.75, 3.05) is 5.43 Å². The molecule has 0 atom stereocenters. The summed E-state index contributed by atoms with van der Waals surface area (Å²) in [5, 5.41) is 18.0. The van der Waals surface area contributed by atoms with Crippen LogP contribution in [-0.4, -0.2) is 26.8 Å². The summed E-state index contributed by atoms with van der Waals surface area (Å²) in [7, 11) is 0. The van der Waals surface area contributed by atoms with Crippen molar-refractivity contribution >= 4 is 35.4 Å². The Hall–Kier alpha value is -2.38. The molecule has 3 aromatic rings. The Kier molecular flexibility index (Phi) is 3.85. The maximum atomic E-state index is 5.98. The summed E-state index contributed by atoms with van der Waals surface area (Å²) in [6, 6.07) is 8.87. The van der Waals surface area contributed by atoms with Crippen LogP contribution in [-0.2, 0) is 0 Å². The van der Waals surface area contributed by atoms with Crippen LogP contribution >= 0.6 is 23.2 Å². The van der Waals surface area contributed by atoms with E-state index in [-0.39, 0.29) is 5.95 Å². The number of nitrogens with zero attached hydrogens (tertiary/aromatic N) is 4.